The average Bonchev–Trinajstić information content (AvgIpc) is 2.74. The summed E-state index contributed by atoms with van der Waals surface area (Å²) in [6.07, 6.45) is 2.30. The Bertz CT molecular complexity index is 451. The van der Waals surface area contributed by atoms with Gasteiger partial charge < -0.3 is 10.7 Å². The van der Waals surface area contributed by atoms with Gasteiger partial charge in [0.1, 0.15) is 0 Å². The molecule has 0 aliphatic carbocycles. The molecule has 1 aromatic rings. The molecule has 6 heteroatoms. The molecule has 0 aliphatic heterocycles. The zero-order chi connectivity index (χ0) is 13.1. The van der Waals surface area contributed by atoms with E-state index in [1.807, 2.05) is 20.8 Å². The van der Waals surface area contributed by atoms with Crippen LogP contribution in [0.25, 0.3) is 0 Å². The van der Waals surface area contributed by atoms with Crippen LogP contribution >= 0.6 is 0 Å². The van der Waals surface area contributed by atoms with E-state index in [0.717, 1.165) is 12.1 Å². The van der Waals surface area contributed by atoms with Gasteiger partial charge in [-0.1, -0.05) is 6.92 Å². The molecule has 17 heavy (non-hydrogen) atoms. The monoisotopic (exact) mass is 259 g/mol. The smallest absolute Gasteiger partial charge is 0.244 e. The van der Waals surface area contributed by atoms with Gasteiger partial charge in [0, 0.05) is 31.0 Å². The largest absolute Gasteiger partial charge is 0.363 e. The van der Waals surface area contributed by atoms with Gasteiger partial charge in [-0.15, -0.1) is 0 Å². The van der Waals surface area contributed by atoms with Gasteiger partial charge in [0.2, 0.25) is 10.0 Å². The van der Waals surface area contributed by atoms with Crippen LogP contribution in [-0.2, 0) is 16.6 Å². The molecular weight excluding hydrogens is 238 g/mol. The maximum atomic E-state index is 12.4. The Morgan fingerprint density at radius 1 is 1.47 bits per heavy atom. The third-order valence-corrected chi connectivity index (χ3v) is 4.62. The number of H-pyrrole nitrogens is 1. The maximum Gasteiger partial charge on any atom is 0.244 e. The highest BCUT2D eigenvalue weighted by molar-refractivity contribution is 7.89. The summed E-state index contributed by atoms with van der Waals surface area (Å²) in [6, 6.07) is 1.55. The predicted molar refractivity (Wildman–Crippen MR) is 68.0 cm³/mol. The van der Waals surface area contributed by atoms with Crippen LogP contribution in [-0.4, -0.2) is 30.3 Å². The van der Waals surface area contributed by atoms with E-state index in [1.165, 1.54) is 10.5 Å². The van der Waals surface area contributed by atoms with E-state index in [-0.39, 0.29) is 6.04 Å². The second-order valence-corrected chi connectivity index (χ2v) is 6.16. The van der Waals surface area contributed by atoms with Crippen molar-refractivity contribution in [3.05, 3.63) is 18.0 Å². The standard InChI is InChI=1S/C11H21N3O2S/c1-4-5-14(9(2)3)17(15,16)11-6-10(7-12)13-8-11/h6,8-9,13H,4-5,7,12H2,1-3H3. The molecule has 1 aromatic heterocycles. The number of aromatic nitrogens is 1. The van der Waals surface area contributed by atoms with Crippen molar-refractivity contribution in [1.29, 1.82) is 0 Å². The second-order valence-electron chi connectivity index (χ2n) is 4.27. The molecule has 0 aromatic carbocycles. The average molecular weight is 259 g/mol. The van der Waals surface area contributed by atoms with Crippen molar-refractivity contribution in [1.82, 2.24) is 9.29 Å². The summed E-state index contributed by atoms with van der Waals surface area (Å²) in [7, 11) is -3.41. The number of nitrogens with one attached hydrogen (secondary N) is 1. The second kappa shape index (κ2) is 5.66. The Kier molecular flexibility index (Phi) is 4.73. The van der Waals surface area contributed by atoms with E-state index in [9.17, 15) is 8.42 Å². The van der Waals surface area contributed by atoms with Gasteiger partial charge >= 0.3 is 0 Å². The summed E-state index contributed by atoms with van der Waals surface area (Å²) in [5.41, 5.74) is 6.19. The van der Waals surface area contributed by atoms with Crippen molar-refractivity contribution < 1.29 is 8.42 Å². The normalized spacial score (nSPS) is 12.6. The van der Waals surface area contributed by atoms with Gasteiger partial charge in [-0.3, -0.25) is 0 Å². The fraction of sp³-hybridized carbons (Fsp3) is 0.636. The van der Waals surface area contributed by atoms with Gasteiger partial charge in [0.15, 0.2) is 0 Å². The highest BCUT2D eigenvalue weighted by atomic mass is 32.2. The fourth-order valence-electron chi connectivity index (χ4n) is 1.70. The van der Waals surface area contributed by atoms with Crippen LogP contribution in [0, 0.1) is 0 Å². The number of hydrogen-bond acceptors (Lipinski definition) is 3. The van der Waals surface area contributed by atoms with Gasteiger partial charge in [0.05, 0.1) is 4.90 Å². The molecular formula is C11H21N3O2S. The van der Waals surface area contributed by atoms with Crippen molar-refractivity contribution in [2.45, 2.75) is 44.7 Å². The molecule has 0 saturated carbocycles. The topological polar surface area (TPSA) is 79.2 Å². The molecule has 0 saturated heterocycles. The Labute approximate surface area is 103 Å². The SMILES string of the molecule is CCCN(C(C)C)S(=O)(=O)c1c[nH]c(CN)c1. The number of nitrogens with two attached hydrogens (primary N) is 1. The van der Waals surface area contributed by atoms with Crippen LogP contribution in [0.4, 0.5) is 0 Å². The maximum absolute atomic E-state index is 12.4. The van der Waals surface area contributed by atoms with Crippen molar-refractivity contribution >= 4 is 10.0 Å². The molecule has 1 rings (SSSR count). The molecule has 0 bridgehead atoms. The summed E-state index contributed by atoms with van der Waals surface area (Å²) in [4.78, 5) is 3.16. The van der Waals surface area contributed by atoms with Gasteiger partial charge in [0.25, 0.3) is 0 Å². The lowest BCUT2D eigenvalue weighted by atomic mass is 10.4. The van der Waals surface area contributed by atoms with Crippen LogP contribution in [0.1, 0.15) is 32.9 Å². The van der Waals surface area contributed by atoms with Gasteiger partial charge in [-0.25, -0.2) is 8.42 Å². The first-order valence-electron chi connectivity index (χ1n) is 5.82. The number of rotatable bonds is 6. The number of hydrogen-bond donors (Lipinski definition) is 2. The third kappa shape index (κ3) is 3.08. The van der Waals surface area contributed by atoms with Crippen molar-refractivity contribution in [3.63, 3.8) is 0 Å². The summed E-state index contributed by atoms with van der Waals surface area (Å²) in [6.45, 7) is 6.56. The lowest BCUT2D eigenvalue weighted by Crippen LogP contribution is -2.37. The first kappa shape index (κ1) is 14.2. The zero-order valence-electron chi connectivity index (χ0n) is 10.6. The minimum Gasteiger partial charge on any atom is -0.363 e. The lowest BCUT2D eigenvalue weighted by Gasteiger charge is -2.24. The summed E-state index contributed by atoms with van der Waals surface area (Å²) < 4.78 is 26.2. The molecule has 98 valence electrons. The van der Waals surface area contributed by atoms with E-state index >= 15 is 0 Å². The predicted octanol–water partition coefficient (Wildman–Crippen LogP) is 1.28. The van der Waals surface area contributed by atoms with Crippen LogP contribution < -0.4 is 5.73 Å². The Morgan fingerprint density at radius 3 is 2.53 bits per heavy atom. The summed E-state index contributed by atoms with van der Waals surface area (Å²) in [5.74, 6) is 0. The molecule has 0 amide bonds. The summed E-state index contributed by atoms with van der Waals surface area (Å²) >= 11 is 0. The third-order valence-electron chi connectivity index (χ3n) is 2.56. The first-order chi connectivity index (χ1) is 7.93. The molecule has 5 nitrogen and oxygen atoms in total. The van der Waals surface area contributed by atoms with Crippen molar-refractivity contribution in [3.8, 4) is 0 Å². The zero-order valence-corrected chi connectivity index (χ0v) is 11.4. The number of aromatic amines is 1. The quantitative estimate of drug-likeness (QED) is 0.807. The first-order valence-corrected chi connectivity index (χ1v) is 7.26. The van der Waals surface area contributed by atoms with Crippen molar-refractivity contribution in [2.75, 3.05) is 6.54 Å². The minimum atomic E-state index is -3.41. The Morgan fingerprint density at radius 2 is 2.12 bits per heavy atom. The van der Waals surface area contributed by atoms with Gasteiger partial charge in [-0.05, 0) is 26.3 Å². The van der Waals surface area contributed by atoms with Crippen LogP contribution in [0.5, 0.6) is 0 Å². The van der Waals surface area contributed by atoms with E-state index in [1.54, 1.807) is 6.07 Å². The van der Waals surface area contributed by atoms with Crippen LogP contribution in [0.15, 0.2) is 17.2 Å². The molecule has 0 aliphatic rings. The van der Waals surface area contributed by atoms with Crippen molar-refractivity contribution in [2.24, 2.45) is 5.73 Å². The van der Waals surface area contributed by atoms with E-state index < -0.39 is 10.0 Å². The number of sulfonamides is 1. The molecule has 0 atom stereocenters. The fourth-order valence-corrected chi connectivity index (χ4v) is 3.45. The molecule has 0 radical (unpaired) electrons. The van der Waals surface area contributed by atoms with Crippen LogP contribution in [0.3, 0.4) is 0 Å². The minimum absolute atomic E-state index is 0.0452. The summed E-state index contributed by atoms with van der Waals surface area (Å²) in [5, 5.41) is 0. The van der Waals surface area contributed by atoms with Crippen LogP contribution in [0.2, 0.25) is 0 Å². The highest BCUT2D eigenvalue weighted by Crippen LogP contribution is 2.19. The molecule has 1 heterocycles. The number of nitrogens with zero attached hydrogens (tertiary/aromatic N) is 1. The van der Waals surface area contributed by atoms with E-state index in [4.69, 9.17) is 5.73 Å². The van der Waals surface area contributed by atoms with E-state index in [0.29, 0.717) is 18.0 Å². The lowest BCUT2D eigenvalue weighted by molar-refractivity contribution is 0.354. The Hall–Kier alpha value is -0.850. The molecule has 3 N–H and O–H groups in total. The highest BCUT2D eigenvalue weighted by Gasteiger charge is 2.26. The Balaban J connectivity index is 3.07. The molecule has 0 unspecified atom stereocenters. The van der Waals surface area contributed by atoms with Gasteiger partial charge in [-0.2, -0.15) is 4.31 Å². The molecule has 0 fully saturated rings. The van der Waals surface area contributed by atoms with E-state index in [2.05, 4.69) is 4.98 Å². The molecule has 0 spiro atoms.